The Morgan fingerprint density at radius 1 is 0.733 bits per heavy atom. The Kier molecular flexibility index (Phi) is 1.72. The van der Waals surface area contributed by atoms with Gasteiger partial charge in [-0.2, -0.15) is 0 Å². The highest BCUT2D eigenvalue weighted by Crippen LogP contribution is 2.37. The molecule has 2 aromatic carbocycles. The van der Waals surface area contributed by atoms with Crippen molar-refractivity contribution in [3.05, 3.63) is 58.7 Å². The minimum atomic E-state index is 1.10. The summed E-state index contributed by atoms with van der Waals surface area (Å²) in [6.45, 7) is 4.32. The van der Waals surface area contributed by atoms with Crippen molar-refractivity contribution in [1.29, 1.82) is 0 Å². The van der Waals surface area contributed by atoms with Gasteiger partial charge in [0, 0.05) is 0 Å². The van der Waals surface area contributed by atoms with E-state index in [0.717, 1.165) is 6.42 Å². The van der Waals surface area contributed by atoms with E-state index in [9.17, 15) is 0 Å². The van der Waals surface area contributed by atoms with Crippen LogP contribution in [0.4, 0.5) is 0 Å². The van der Waals surface area contributed by atoms with Crippen molar-refractivity contribution in [2.45, 2.75) is 20.3 Å². The van der Waals surface area contributed by atoms with Gasteiger partial charge in [-0.15, -0.1) is 0 Å². The monoisotopic (exact) mass is 194 g/mol. The summed E-state index contributed by atoms with van der Waals surface area (Å²) < 4.78 is 0. The molecule has 0 saturated heterocycles. The van der Waals surface area contributed by atoms with Gasteiger partial charge in [-0.1, -0.05) is 47.5 Å². The summed E-state index contributed by atoms with van der Waals surface area (Å²) in [7, 11) is 0. The lowest BCUT2D eigenvalue weighted by atomic mass is 10.0. The zero-order valence-electron chi connectivity index (χ0n) is 9.17. The summed E-state index contributed by atoms with van der Waals surface area (Å²) in [5.41, 5.74) is 8.53. The lowest BCUT2D eigenvalue weighted by Gasteiger charge is -2.02. The molecule has 0 heterocycles. The zero-order valence-corrected chi connectivity index (χ0v) is 9.17. The molecular formula is C15H14. The van der Waals surface area contributed by atoms with Gasteiger partial charge in [-0.25, -0.2) is 0 Å². The molecule has 1 aliphatic carbocycles. The molecule has 0 radical (unpaired) electrons. The third-order valence-electron chi connectivity index (χ3n) is 3.20. The molecule has 0 aromatic heterocycles. The molecule has 1 aliphatic rings. The molecular weight excluding hydrogens is 180 g/mol. The minimum Gasteiger partial charge on any atom is -0.0590 e. The summed E-state index contributed by atoms with van der Waals surface area (Å²) in [5.74, 6) is 0. The highest BCUT2D eigenvalue weighted by Gasteiger charge is 2.17. The maximum absolute atomic E-state index is 2.31. The first kappa shape index (κ1) is 8.72. The fraction of sp³-hybridized carbons (Fsp3) is 0.200. The van der Waals surface area contributed by atoms with Crippen LogP contribution in [0.5, 0.6) is 0 Å². The van der Waals surface area contributed by atoms with Crippen molar-refractivity contribution >= 4 is 0 Å². The average Bonchev–Trinajstić information content (AvgIpc) is 2.54. The van der Waals surface area contributed by atoms with Crippen LogP contribution in [-0.2, 0) is 6.42 Å². The van der Waals surface area contributed by atoms with Crippen LogP contribution in [0.15, 0.2) is 36.4 Å². The quantitative estimate of drug-likeness (QED) is 0.509. The van der Waals surface area contributed by atoms with Crippen LogP contribution >= 0.6 is 0 Å². The molecule has 2 aromatic rings. The van der Waals surface area contributed by atoms with E-state index >= 15 is 0 Å². The molecule has 0 amide bonds. The van der Waals surface area contributed by atoms with Crippen LogP contribution in [0, 0.1) is 13.8 Å². The van der Waals surface area contributed by atoms with Crippen molar-refractivity contribution < 1.29 is 0 Å². The minimum absolute atomic E-state index is 1.10. The lowest BCUT2D eigenvalue weighted by Crippen LogP contribution is -1.80. The van der Waals surface area contributed by atoms with E-state index in [4.69, 9.17) is 0 Å². The second-order valence-corrected chi connectivity index (χ2v) is 4.50. The number of benzene rings is 2. The van der Waals surface area contributed by atoms with Crippen molar-refractivity contribution in [2.75, 3.05) is 0 Å². The number of hydrogen-bond acceptors (Lipinski definition) is 0. The molecule has 0 fully saturated rings. The Morgan fingerprint density at radius 3 is 2.33 bits per heavy atom. The first-order chi connectivity index (χ1) is 7.24. The van der Waals surface area contributed by atoms with Gasteiger partial charge in [0.2, 0.25) is 0 Å². The van der Waals surface area contributed by atoms with Crippen LogP contribution in [0.1, 0.15) is 22.3 Å². The molecule has 0 nitrogen and oxygen atoms in total. The van der Waals surface area contributed by atoms with E-state index < -0.39 is 0 Å². The summed E-state index contributed by atoms with van der Waals surface area (Å²) in [4.78, 5) is 0. The predicted molar refractivity (Wildman–Crippen MR) is 64.2 cm³/mol. The molecule has 74 valence electrons. The van der Waals surface area contributed by atoms with Crippen molar-refractivity contribution in [3.8, 4) is 11.1 Å². The Hall–Kier alpha value is -1.56. The average molecular weight is 194 g/mol. The first-order valence-corrected chi connectivity index (χ1v) is 5.43. The number of fused-ring (bicyclic) bond motifs is 3. The molecule has 0 heteroatoms. The van der Waals surface area contributed by atoms with Crippen molar-refractivity contribution in [2.24, 2.45) is 0 Å². The predicted octanol–water partition coefficient (Wildman–Crippen LogP) is 3.87. The molecule has 0 N–H and O–H groups in total. The Balaban J connectivity index is 2.26. The Bertz CT molecular complexity index is 536. The van der Waals surface area contributed by atoms with E-state index in [2.05, 4.69) is 50.2 Å². The second-order valence-electron chi connectivity index (χ2n) is 4.50. The van der Waals surface area contributed by atoms with E-state index in [0.29, 0.717) is 0 Å². The largest absolute Gasteiger partial charge is 0.0590 e. The lowest BCUT2D eigenvalue weighted by molar-refractivity contribution is 1.24. The third-order valence-corrected chi connectivity index (χ3v) is 3.20. The van der Waals surface area contributed by atoms with Crippen LogP contribution in [-0.4, -0.2) is 0 Å². The molecule has 3 rings (SSSR count). The topological polar surface area (TPSA) is 0 Å². The maximum Gasteiger partial charge on any atom is -0.00134 e. The smallest absolute Gasteiger partial charge is 0.00134 e. The first-order valence-electron chi connectivity index (χ1n) is 5.43. The van der Waals surface area contributed by atoms with Gasteiger partial charge >= 0.3 is 0 Å². The molecule has 0 saturated carbocycles. The van der Waals surface area contributed by atoms with Crippen molar-refractivity contribution in [3.63, 3.8) is 0 Å². The highest BCUT2D eigenvalue weighted by molar-refractivity contribution is 5.77. The molecule has 0 unspecified atom stereocenters. The van der Waals surface area contributed by atoms with Gasteiger partial charge in [0.05, 0.1) is 0 Å². The van der Waals surface area contributed by atoms with Crippen LogP contribution < -0.4 is 0 Å². The molecule has 0 atom stereocenters. The van der Waals surface area contributed by atoms with E-state index in [-0.39, 0.29) is 0 Å². The van der Waals surface area contributed by atoms with Gasteiger partial charge in [0.25, 0.3) is 0 Å². The normalized spacial score (nSPS) is 12.4. The zero-order chi connectivity index (χ0) is 10.4. The molecule has 0 spiro atoms. The summed E-state index contributed by atoms with van der Waals surface area (Å²) in [6.07, 6.45) is 1.10. The van der Waals surface area contributed by atoms with Gasteiger partial charge in [-0.3, -0.25) is 0 Å². The van der Waals surface area contributed by atoms with Crippen LogP contribution in [0.3, 0.4) is 0 Å². The van der Waals surface area contributed by atoms with Gasteiger partial charge in [0.1, 0.15) is 0 Å². The van der Waals surface area contributed by atoms with E-state index in [1.807, 2.05) is 0 Å². The van der Waals surface area contributed by atoms with E-state index in [1.165, 1.54) is 33.4 Å². The Labute approximate surface area is 90.6 Å². The second kappa shape index (κ2) is 2.96. The standard InChI is InChI=1S/C15H14/c1-10-4-6-14-13(7-10)9-12-5-3-11(2)8-15(12)14/h3-8H,9H2,1-2H3. The molecule has 0 bridgehead atoms. The fourth-order valence-electron chi connectivity index (χ4n) is 2.43. The van der Waals surface area contributed by atoms with Crippen LogP contribution in [0.2, 0.25) is 0 Å². The van der Waals surface area contributed by atoms with Crippen LogP contribution in [0.25, 0.3) is 11.1 Å². The summed E-state index contributed by atoms with van der Waals surface area (Å²) >= 11 is 0. The molecule has 15 heavy (non-hydrogen) atoms. The maximum atomic E-state index is 2.31. The fourth-order valence-corrected chi connectivity index (χ4v) is 2.43. The summed E-state index contributed by atoms with van der Waals surface area (Å²) in [5, 5.41) is 0. The number of aryl methyl sites for hydroxylation is 2. The number of rotatable bonds is 0. The van der Waals surface area contributed by atoms with Crippen molar-refractivity contribution in [1.82, 2.24) is 0 Å². The van der Waals surface area contributed by atoms with Gasteiger partial charge < -0.3 is 0 Å². The molecule has 0 aliphatic heterocycles. The van der Waals surface area contributed by atoms with E-state index in [1.54, 1.807) is 0 Å². The van der Waals surface area contributed by atoms with Gasteiger partial charge in [-0.05, 0) is 42.5 Å². The summed E-state index contributed by atoms with van der Waals surface area (Å²) in [6, 6.07) is 13.5. The third kappa shape index (κ3) is 1.29. The SMILES string of the molecule is Cc1ccc2c(c1)Cc1ccc(C)cc1-2. The highest BCUT2D eigenvalue weighted by atomic mass is 14.2. The number of hydrogen-bond donors (Lipinski definition) is 0. The van der Waals surface area contributed by atoms with Gasteiger partial charge in [0.15, 0.2) is 0 Å². The Morgan fingerprint density at radius 2 is 1.47 bits per heavy atom.